The summed E-state index contributed by atoms with van der Waals surface area (Å²) in [6.45, 7) is 0. The molecule has 0 atom stereocenters. The van der Waals surface area contributed by atoms with Gasteiger partial charge in [-0.15, -0.1) is 17.2 Å². The monoisotopic (exact) mass is 231 g/mol. The molecule has 0 nitrogen and oxygen atoms in total. The Morgan fingerprint density at radius 1 is 0.667 bits per heavy atom. The van der Waals surface area contributed by atoms with Crippen LogP contribution < -0.4 is 0 Å². The Bertz CT molecular complexity index is 378. The van der Waals surface area contributed by atoms with Crippen LogP contribution in [0.4, 0.5) is 0 Å². The summed E-state index contributed by atoms with van der Waals surface area (Å²) in [5.41, 5.74) is 2.66. The van der Waals surface area contributed by atoms with E-state index < -0.39 is 0 Å². The van der Waals surface area contributed by atoms with E-state index in [9.17, 15) is 0 Å². The summed E-state index contributed by atoms with van der Waals surface area (Å²) in [5, 5.41) is 0. The molecule has 0 spiro atoms. The minimum atomic E-state index is 0. The third-order valence-electron chi connectivity index (χ3n) is 2.10. The second-order valence-electron chi connectivity index (χ2n) is 3.12. The van der Waals surface area contributed by atoms with Gasteiger partial charge in [0.05, 0.1) is 0 Å². The average Bonchev–Trinajstić information content (AvgIpc) is 2.92. The van der Waals surface area contributed by atoms with Gasteiger partial charge in [-0.2, -0.15) is 42.5 Å². The van der Waals surface area contributed by atoms with Gasteiger partial charge in [0.25, 0.3) is 0 Å². The quantitative estimate of drug-likeness (QED) is 0.514. The standard InChI is InChI=1S/C9H7.C5H5.V/c1-2-5-9-7-3-6-8(9)4-1;1-2-4-5-3-1;/h1-7H;1-5H;/q2*-1;. The Kier molecular flexibility index (Phi) is 4.96. The first kappa shape index (κ1) is 11.8. The van der Waals surface area contributed by atoms with E-state index in [0.717, 1.165) is 0 Å². The Hall–Kier alpha value is -1.24. The van der Waals surface area contributed by atoms with E-state index in [0.29, 0.717) is 0 Å². The van der Waals surface area contributed by atoms with Gasteiger partial charge < -0.3 is 0 Å². The zero-order chi connectivity index (χ0) is 9.64. The zero-order valence-corrected chi connectivity index (χ0v) is 9.77. The van der Waals surface area contributed by atoms with E-state index in [-0.39, 0.29) is 18.6 Å². The summed E-state index contributed by atoms with van der Waals surface area (Å²) in [7, 11) is 0. The van der Waals surface area contributed by atoms with Crippen molar-refractivity contribution in [2.75, 3.05) is 0 Å². The van der Waals surface area contributed by atoms with E-state index >= 15 is 0 Å². The molecule has 0 aliphatic heterocycles. The van der Waals surface area contributed by atoms with Crippen molar-refractivity contribution in [3.8, 4) is 11.1 Å². The molecule has 15 heavy (non-hydrogen) atoms. The van der Waals surface area contributed by atoms with Gasteiger partial charge in [0.1, 0.15) is 0 Å². The summed E-state index contributed by atoms with van der Waals surface area (Å²) >= 11 is 0. The third-order valence-corrected chi connectivity index (χ3v) is 2.10. The van der Waals surface area contributed by atoms with E-state index in [1.807, 2.05) is 30.3 Å². The van der Waals surface area contributed by atoms with Crippen LogP contribution in [0, 0.1) is 0 Å². The van der Waals surface area contributed by atoms with Crippen LogP contribution in [0.5, 0.6) is 0 Å². The Morgan fingerprint density at radius 3 is 2.00 bits per heavy atom. The van der Waals surface area contributed by atoms with Gasteiger partial charge in [0, 0.05) is 18.6 Å². The smallest absolute Gasteiger partial charge is 0 e. The van der Waals surface area contributed by atoms with Gasteiger partial charge in [-0.3, -0.25) is 0 Å². The zero-order valence-electron chi connectivity index (χ0n) is 8.38. The third kappa shape index (κ3) is 3.43. The van der Waals surface area contributed by atoms with Crippen molar-refractivity contribution < 1.29 is 18.6 Å². The predicted octanol–water partition coefficient (Wildman–Crippen LogP) is 3.91. The summed E-state index contributed by atoms with van der Waals surface area (Å²) in [6, 6.07) is 24.7. The van der Waals surface area contributed by atoms with E-state index in [1.165, 1.54) is 11.1 Å². The van der Waals surface area contributed by atoms with Gasteiger partial charge in [-0.05, 0) is 0 Å². The minimum absolute atomic E-state index is 0. The Balaban J connectivity index is 0.000000162. The van der Waals surface area contributed by atoms with Crippen molar-refractivity contribution in [1.82, 2.24) is 0 Å². The molecule has 0 saturated heterocycles. The van der Waals surface area contributed by atoms with Crippen molar-refractivity contribution in [1.29, 1.82) is 0 Å². The van der Waals surface area contributed by atoms with Crippen molar-refractivity contribution in [2.24, 2.45) is 0 Å². The molecule has 1 radical (unpaired) electrons. The molecule has 1 aromatic rings. The van der Waals surface area contributed by atoms with E-state index in [4.69, 9.17) is 0 Å². The molecule has 0 saturated carbocycles. The van der Waals surface area contributed by atoms with Crippen molar-refractivity contribution in [2.45, 2.75) is 0 Å². The molecule has 1 heteroatoms. The SMILES string of the molecule is [V].c1cc2cc[cH-]cc-2c1.c1cc[cH-]c1. The summed E-state index contributed by atoms with van der Waals surface area (Å²) < 4.78 is 0. The molecule has 2 aliphatic rings. The molecule has 0 aromatic heterocycles. The number of hydrogen-bond acceptors (Lipinski definition) is 0. The second kappa shape index (κ2) is 6.29. The number of rotatable bonds is 0. The minimum Gasteiger partial charge on any atom is -0.214 e. The first-order valence-electron chi connectivity index (χ1n) is 4.74. The maximum Gasteiger partial charge on any atom is 0 e. The second-order valence-corrected chi connectivity index (χ2v) is 3.12. The molecule has 0 fully saturated rings. The van der Waals surface area contributed by atoms with Crippen LogP contribution >= 0.6 is 0 Å². The Morgan fingerprint density at radius 2 is 1.40 bits per heavy atom. The van der Waals surface area contributed by atoms with E-state index in [2.05, 4.69) is 42.5 Å². The van der Waals surface area contributed by atoms with Crippen molar-refractivity contribution in [3.05, 3.63) is 72.8 Å². The maximum absolute atomic E-state index is 2.12. The van der Waals surface area contributed by atoms with Crippen LogP contribution in [0.25, 0.3) is 11.1 Å². The first-order chi connectivity index (χ1) is 6.97. The fraction of sp³-hybridized carbons (Fsp3) is 0. The van der Waals surface area contributed by atoms with Crippen LogP contribution in [0.2, 0.25) is 0 Å². The van der Waals surface area contributed by atoms with Gasteiger partial charge in [-0.25, -0.2) is 12.1 Å². The van der Waals surface area contributed by atoms with Gasteiger partial charge in [0.15, 0.2) is 0 Å². The number of fused-ring (bicyclic) bond motifs is 1. The Labute approximate surface area is 103 Å². The number of benzene rings is 1. The molecule has 0 unspecified atom stereocenters. The van der Waals surface area contributed by atoms with Gasteiger partial charge in [-0.1, -0.05) is 12.1 Å². The molecule has 2 aliphatic carbocycles. The maximum atomic E-state index is 2.12. The van der Waals surface area contributed by atoms with Crippen LogP contribution in [0.1, 0.15) is 0 Å². The van der Waals surface area contributed by atoms with Crippen molar-refractivity contribution >= 4 is 0 Å². The van der Waals surface area contributed by atoms with Crippen LogP contribution in [0.15, 0.2) is 72.8 Å². The molecule has 3 rings (SSSR count). The van der Waals surface area contributed by atoms with Gasteiger partial charge in [0.2, 0.25) is 0 Å². The van der Waals surface area contributed by atoms with Crippen LogP contribution in [-0.2, 0) is 18.6 Å². The summed E-state index contributed by atoms with van der Waals surface area (Å²) in [6.07, 6.45) is 0. The molecular weight excluding hydrogens is 219 g/mol. The molecule has 0 heterocycles. The molecule has 0 amide bonds. The molecular formula is C14H12V-2. The first-order valence-corrected chi connectivity index (χ1v) is 4.74. The fourth-order valence-electron chi connectivity index (χ4n) is 1.39. The normalized spacial score (nSPS) is 8.80. The molecule has 1 aromatic carbocycles. The molecule has 0 bridgehead atoms. The average molecular weight is 231 g/mol. The van der Waals surface area contributed by atoms with Crippen molar-refractivity contribution in [3.63, 3.8) is 0 Å². The predicted molar refractivity (Wildman–Crippen MR) is 60.7 cm³/mol. The van der Waals surface area contributed by atoms with Crippen LogP contribution in [-0.4, -0.2) is 0 Å². The molecule has 0 N–H and O–H groups in total. The summed E-state index contributed by atoms with van der Waals surface area (Å²) in [5.74, 6) is 0. The van der Waals surface area contributed by atoms with Gasteiger partial charge >= 0.3 is 0 Å². The van der Waals surface area contributed by atoms with Crippen LogP contribution in [0.3, 0.4) is 0 Å². The number of hydrogen-bond donors (Lipinski definition) is 0. The largest absolute Gasteiger partial charge is 0.214 e. The summed E-state index contributed by atoms with van der Waals surface area (Å²) in [4.78, 5) is 0. The topological polar surface area (TPSA) is 0 Å². The fourth-order valence-corrected chi connectivity index (χ4v) is 1.39. The molecule has 75 valence electrons. The van der Waals surface area contributed by atoms with E-state index in [1.54, 1.807) is 0 Å².